The van der Waals surface area contributed by atoms with E-state index in [4.69, 9.17) is 0 Å². The molecule has 0 amide bonds. The lowest BCUT2D eigenvalue weighted by Gasteiger charge is -1.68. The topological polar surface area (TPSA) is 12.9 Å². The first-order chi connectivity index (χ1) is 3.93. The van der Waals surface area contributed by atoms with Crippen molar-refractivity contribution in [3.05, 3.63) is 28.6 Å². The lowest BCUT2D eigenvalue weighted by atomic mass is 10.5. The van der Waals surface area contributed by atoms with Crippen LogP contribution in [-0.4, -0.2) is 4.98 Å². The molecule has 0 bridgehead atoms. The highest BCUT2D eigenvalue weighted by Crippen LogP contribution is 2.35. The second-order valence-electron chi connectivity index (χ2n) is 2.55. The Bertz CT molecular complexity index is 224. The van der Waals surface area contributed by atoms with E-state index in [0.717, 1.165) is 0 Å². The molecule has 2 aliphatic rings. The molecule has 0 saturated heterocycles. The van der Waals surface area contributed by atoms with Gasteiger partial charge in [0.1, 0.15) is 0 Å². The maximum Gasteiger partial charge on any atom is 0.0487 e. The number of hydrogen-bond donors (Lipinski definition) is 0. The highest BCUT2D eigenvalue weighted by Gasteiger charge is 2.27. The van der Waals surface area contributed by atoms with Gasteiger partial charge >= 0.3 is 0 Å². The molecular formula is C7H5N. The SMILES string of the molecule is c1c2c(nc3c1C3)C2. The van der Waals surface area contributed by atoms with Gasteiger partial charge in [-0.15, -0.1) is 0 Å². The lowest BCUT2D eigenvalue weighted by Crippen LogP contribution is -1.62. The van der Waals surface area contributed by atoms with E-state index in [1.54, 1.807) is 0 Å². The van der Waals surface area contributed by atoms with Gasteiger partial charge in [0.25, 0.3) is 0 Å². The molecule has 1 aromatic rings. The maximum atomic E-state index is 4.36. The summed E-state index contributed by atoms with van der Waals surface area (Å²) >= 11 is 0. The van der Waals surface area contributed by atoms with Crippen LogP contribution in [0.15, 0.2) is 6.07 Å². The van der Waals surface area contributed by atoms with Crippen molar-refractivity contribution >= 4 is 0 Å². The predicted molar refractivity (Wildman–Crippen MR) is 29.8 cm³/mol. The van der Waals surface area contributed by atoms with Crippen molar-refractivity contribution in [3.8, 4) is 0 Å². The number of pyridine rings is 1. The molecule has 0 aliphatic heterocycles. The molecule has 1 nitrogen and oxygen atoms in total. The highest BCUT2D eigenvalue weighted by molar-refractivity contribution is 5.51. The molecule has 1 heterocycles. The molecule has 0 spiro atoms. The van der Waals surface area contributed by atoms with Crippen molar-refractivity contribution in [1.29, 1.82) is 0 Å². The largest absolute Gasteiger partial charge is 0.257 e. The molecule has 2 aliphatic carbocycles. The summed E-state index contributed by atoms with van der Waals surface area (Å²) in [5.74, 6) is 0. The minimum atomic E-state index is 1.17. The van der Waals surface area contributed by atoms with Gasteiger partial charge in [0.05, 0.1) is 0 Å². The van der Waals surface area contributed by atoms with E-state index in [1.165, 1.54) is 35.4 Å². The zero-order chi connectivity index (χ0) is 5.14. The minimum absolute atomic E-state index is 1.17. The van der Waals surface area contributed by atoms with Crippen molar-refractivity contribution < 1.29 is 0 Å². The Balaban J connectivity index is 2.50. The standard InChI is InChI=1S/C7H5N/c1-4-2-6(4)8-7-3-5(1)7/h1H,2-3H2. The van der Waals surface area contributed by atoms with Gasteiger partial charge in [0.15, 0.2) is 0 Å². The van der Waals surface area contributed by atoms with E-state index >= 15 is 0 Å². The van der Waals surface area contributed by atoms with Crippen LogP contribution in [0.5, 0.6) is 0 Å². The molecule has 0 fully saturated rings. The van der Waals surface area contributed by atoms with Crippen LogP contribution in [0, 0.1) is 0 Å². The normalized spacial score (nSPS) is 17.0. The molecule has 0 unspecified atom stereocenters. The van der Waals surface area contributed by atoms with Gasteiger partial charge in [0.2, 0.25) is 0 Å². The Morgan fingerprint density at radius 1 is 1.12 bits per heavy atom. The van der Waals surface area contributed by atoms with Crippen LogP contribution in [0.3, 0.4) is 0 Å². The maximum absolute atomic E-state index is 4.36. The molecule has 0 saturated carbocycles. The summed E-state index contributed by atoms with van der Waals surface area (Å²) in [5, 5.41) is 0. The lowest BCUT2D eigenvalue weighted by molar-refractivity contribution is 1.27. The second-order valence-corrected chi connectivity index (χ2v) is 2.55. The summed E-state index contributed by atoms with van der Waals surface area (Å²) in [7, 11) is 0. The van der Waals surface area contributed by atoms with Crippen molar-refractivity contribution in [2.24, 2.45) is 0 Å². The third kappa shape index (κ3) is 0.242. The minimum Gasteiger partial charge on any atom is -0.257 e. The van der Waals surface area contributed by atoms with Crippen molar-refractivity contribution in [3.63, 3.8) is 0 Å². The smallest absolute Gasteiger partial charge is 0.0487 e. The van der Waals surface area contributed by atoms with Gasteiger partial charge in [0, 0.05) is 24.2 Å². The van der Waals surface area contributed by atoms with Crippen LogP contribution >= 0.6 is 0 Å². The van der Waals surface area contributed by atoms with E-state index in [2.05, 4.69) is 11.1 Å². The summed E-state index contributed by atoms with van der Waals surface area (Å²) in [5.41, 5.74) is 5.67. The molecular weight excluding hydrogens is 98.1 g/mol. The molecule has 38 valence electrons. The number of fused-ring (bicyclic) bond motifs is 2. The van der Waals surface area contributed by atoms with Gasteiger partial charge in [-0.3, -0.25) is 4.98 Å². The van der Waals surface area contributed by atoms with Crippen LogP contribution in [0.2, 0.25) is 0 Å². The molecule has 0 atom stereocenters. The van der Waals surface area contributed by atoms with Gasteiger partial charge in [-0.05, 0) is 11.1 Å². The first-order valence-corrected chi connectivity index (χ1v) is 2.94. The zero-order valence-electron chi connectivity index (χ0n) is 4.44. The van der Waals surface area contributed by atoms with Gasteiger partial charge in [-0.25, -0.2) is 0 Å². The average molecular weight is 103 g/mol. The summed E-state index contributed by atoms with van der Waals surface area (Å²) in [6.07, 6.45) is 2.35. The van der Waals surface area contributed by atoms with Crippen LogP contribution < -0.4 is 0 Å². The van der Waals surface area contributed by atoms with Crippen LogP contribution in [0.1, 0.15) is 22.5 Å². The monoisotopic (exact) mass is 103 g/mol. The first kappa shape index (κ1) is 3.23. The molecule has 0 radical (unpaired) electrons. The Morgan fingerprint density at radius 3 is 2.25 bits per heavy atom. The number of rotatable bonds is 0. The van der Waals surface area contributed by atoms with Crippen LogP contribution in [-0.2, 0) is 12.8 Å². The fourth-order valence-electron chi connectivity index (χ4n) is 1.14. The predicted octanol–water partition coefficient (Wildman–Crippen LogP) is 0.890. The summed E-state index contributed by atoms with van der Waals surface area (Å²) in [6, 6.07) is 2.29. The third-order valence-corrected chi connectivity index (χ3v) is 1.83. The van der Waals surface area contributed by atoms with E-state index < -0.39 is 0 Å². The molecule has 1 aromatic heterocycles. The number of hydrogen-bond acceptors (Lipinski definition) is 1. The van der Waals surface area contributed by atoms with Crippen molar-refractivity contribution in [2.75, 3.05) is 0 Å². The Labute approximate surface area is 47.4 Å². The van der Waals surface area contributed by atoms with Crippen molar-refractivity contribution in [2.45, 2.75) is 12.8 Å². The molecule has 0 aromatic carbocycles. The Morgan fingerprint density at radius 2 is 1.75 bits per heavy atom. The first-order valence-electron chi connectivity index (χ1n) is 2.94. The van der Waals surface area contributed by atoms with E-state index in [-0.39, 0.29) is 0 Å². The quantitative estimate of drug-likeness (QED) is 0.411. The van der Waals surface area contributed by atoms with Crippen LogP contribution in [0.25, 0.3) is 0 Å². The van der Waals surface area contributed by atoms with E-state index in [9.17, 15) is 0 Å². The van der Waals surface area contributed by atoms with Gasteiger partial charge < -0.3 is 0 Å². The third-order valence-electron chi connectivity index (χ3n) is 1.83. The number of aromatic nitrogens is 1. The summed E-state index contributed by atoms with van der Waals surface area (Å²) in [4.78, 5) is 4.36. The molecule has 1 heteroatoms. The number of nitrogens with zero attached hydrogens (tertiary/aromatic N) is 1. The van der Waals surface area contributed by atoms with E-state index in [0.29, 0.717) is 0 Å². The Hall–Kier alpha value is -0.850. The van der Waals surface area contributed by atoms with E-state index in [1.807, 2.05) is 0 Å². The van der Waals surface area contributed by atoms with Gasteiger partial charge in [-0.2, -0.15) is 0 Å². The van der Waals surface area contributed by atoms with Crippen LogP contribution in [0.4, 0.5) is 0 Å². The molecule has 0 N–H and O–H groups in total. The molecule has 3 rings (SSSR count). The fraction of sp³-hybridized carbons (Fsp3) is 0.286. The van der Waals surface area contributed by atoms with Crippen molar-refractivity contribution in [1.82, 2.24) is 4.98 Å². The zero-order valence-corrected chi connectivity index (χ0v) is 4.44. The molecule has 8 heavy (non-hydrogen) atoms. The Kier molecular flexibility index (Phi) is 0.287. The summed E-state index contributed by atoms with van der Waals surface area (Å²) in [6.45, 7) is 0. The second kappa shape index (κ2) is 0.711. The fourth-order valence-corrected chi connectivity index (χ4v) is 1.14. The highest BCUT2D eigenvalue weighted by atomic mass is 14.8. The van der Waals surface area contributed by atoms with Gasteiger partial charge in [-0.1, -0.05) is 6.07 Å². The summed E-state index contributed by atoms with van der Waals surface area (Å²) < 4.78 is 0. The average Bonchev–Trinajstić information content (AvgIpc) is 2.45.